The van der Waals surface area contributed by atoms with E-state index in [1.807, 2.05) is 30.1 Å². The molecule has 0 aromatic heterocycles. The lowest BCUT2D eigenvalue weighted by atomic mass is 10.00. The summed E-state index contributed by atoms with van der Waals surface area (Å²) in [6, 6.07) is 14.3. The number of fused-ring (bicyclic) bond motifs is 2. The summed E-state index contributed by atoms with van der Waals surface area (Å²) in [5.74, 6) is 0.0786. The van der Waals surface area contributed by atoms with Crippen LogP contribution in [0.1, 0.15) is 41.3 Å². The minimum Gasteiger partial charge on any atom is -0.390 e. The Morgan fingerprint density at radius 2 is 1.79 bits per heavy atom. The van der Waals surface area contributed by atoms with E-state index in [1.54, 1.807) is 4.90 Å². The minimum atomic E-state index is -0.608. The molecule has 2 amide bonds. The maximum atomic E-state index is 13.4. The number of carbonyl (C=O) groups excluding carboxylic acids is 2. The highest BCUT2D eigenvalue weighted by molar-refractivity contribution is 6.03. The van der Waals surface area contributed by atoms with Gasteiger partial charge in [0.1, 0.15) is 0 Å². The molecule has 1 saturated heterocycles. The number of hydrogen-bond donors (Lipinski definition) is 1. The van der Waals surface area contributed by atoms with Gasteiger partial charge in [0.2, 0.25) is 5.91 Å². The van der Waals surface area contributed by atoms with Crippen LogP contribution in [0.4, 0.5) is 11.4 Å². The minimum absolute atomic E-state index is 0.0604. The van der Waals surface area contributed by atoms with E-state index >= 15 is 0 Å². The molecule has 2 aromatic rings. The number of aliphatic hydroxyl groups excluding tert-OH is 1. The summed E-state index contributed by atoms with van der Waals surface area (Å²) in [5.41, 5.74) is 5.04. The van der Waals surface area contributed by atoms with Gasteiger partial charge in [0.15, 0.2) is 0 Å². The second-order valence-corrected chi connectivity index (χ2v) is 9.93. The first-order valence-corrected chi connectivity index (χ1v) is 12.3. The number of rotatable bonds is 5. The quantitative estimate of drug-likeness (QED) is 0.740. The third-order valence-corrected chi connectivity index (χ3v) is 7.49. The van der Waals surface area contributed by atoms with Crippen LogP contribution in [-0.2, 0) is 17.8 Å². The Kier molecular flexibility index (Phi) is 6.32. The molecule has 0 bridgehead atoms. The van der Waals surface area contributed by atoms with E-state index in [0.29, 0.717) is 38.2 Å². The summed E-state index contributed by atoms with van der Waals surface area (Å²) in [4.78, 5) is 33.8. The van der Waals surface area contributed by atoms with Crippen LogP contribution >= 0.6 is 0 Å². The number of β-amino-alcohol motifs (C(OH)–C–C–N with tert-alkyl or cyclic N) is 1. The Morgan fingerprint density at radius 1 is 1.00 bits per heavy atom. The van der Waals surface area contributed by atoms with Crippen molar-refractivity contribution in [2.45, 2.75) is 44.9 Å². The average molecular weight is 463 g/mol. The zero-order chi connectivity index (χ0) is 23.8. The predicted octanol–water partition coefficient (Wildman–Crippen LogP) is 2.51. The summed E-state index contributed by atoms with van der Waals surface area (Å²) < 4.78 is 0. The molecular weight excluding hydrogens is 428 g/mol. The maximum absolute atomic E-state index is 13.4. The van der Waals surface area contributed by atoms with E-state index in [-0.39, 0.29) is 17.9 Å². The molecule has 0 saturated carbocycles. The van der Waals surface area contributed by atoms with E-state index in [2.05, 4.69) is 41.0 Å². The molecule has 2 aromatic carbocycles. The van der Waals surface area contributed by atoms with Crippen LogP contribution < -0.4 is 9.80 Å². The zero-order valence-corrected chi connectivity index (χ0v) is 20.1. The molecule has 34 heavy (non-hydrogen) atoms. The fourth-order valence-electron chi connectivity index (χ4n) is 5.55. The van der Waals surface area contributed by atoms with Crippen molar-refractivity contribution in [3.63, 3.8) is 0 Å². The molecule has 5 rings (SSSR count). The highest BCUT2D eigenvalue weighted by atomic mass is 16.3. The Morgan fingerprint density at radius 3 is 2.56 bits per heavy atom. The number of aliphatic hydroxyl groups is 1. The van der Waals surface area contributed by atoms with Crippen LogP contribution in [0.5, 0.6) is 0 Å². The van der Waals surface area contributed by atoms with E-state index in [0.717, 1.165) is 37.3 Å². The molecule has 7 heteroatoms. The molecule has 3 aliphatic rings. The van der Waals surface area contributed by atoms with Gasteiger partial charge in [0, 0.05) is 64.5 Å². The summed E-state index contributed by atoms with van der Waals surface area (Å²) in [6.45, 7) is 5.92. The summed E-state index contributed by atoms with van der Waals surface area (Å²) in [6.07, 6.45) is 1.81. The largest absolute Gasteiger partial charge is 0.390 e. The van der Waals surface area contributed by atoms with Crippen molar-refractivity contribution in [1.82, 2.24) is 9.80 Å². The Labute approximate surface area is 201 Å². The monoisotopic (exact) mass is 462 g/mol. The molecule has 1 fully saturated rings. The van der Waals surface area contributed by atoms with Crippen LogP contribution in [0, 0.1) is 0 Å². The summed E-state index contributed by atoms with van der Waals surface area (Å²) >= 11 is 0. The number of hydrogen-bond acceptors (Lipinski definition) is 5. The highest BCUT2D eigenvalue weighted by Gasteiger charge is 2.32. The summed E-state index contributed by atoms with van der Waals surface area (Å²) in [5, 5.41) is 10.9. The van der Waals surface area contributed by atoms with Crippen molar-refractivity contribution in [1.29, 1.82) is 0 Å². The molecule has 2 atom stereocenters. The van der Waals surface area contributed by atoms with Crippen molar-refractivity contribution in [3.8, 4) is 0 Å². The van der Waals surface area contributed by atoms with Crippen LogP contribution in [0.3, 0.4) is 0 Å². The second-order valence-electron chi connectivity index (χ2n) is 9.93. The van der Waals surface area contributed by atoms with Gasteiger partial charge in [0.05, 0.1) is 17.4 Å². The van der Waals surface area contributed by atoms with Crippen molar-refractivity contribution in [2.75, 3.05) is 49.6 Å². The Balaban J connectivity index is 1.28. The summed E-state index contributed by atoms with van der Waals surface area (Å²) in [7, 11) is 1.98. The first-order valence-electron chi connectivity index (χ1n) is 12.3. The van der Waals surface area contributed by atoms with Crippen molar-refractivity contribution >= 4 is 23.2 Å². The number of anilines is 2. The molecule has 3 aliphatic heterocycles. The van der Waals surface area contributed by atoms with Gasteiger partial charge >= 0.3 is 0 Å². The lowest BCUT2D eigenvalue weighted by Crippen LogP contribution is -2.44. The SMILES string of the molecule is CC1CCC(=O)N1c1ccc2c(c1)N(C)CCN(C[C@H](O)CN1CCc3ccccc3C1)C2=O. The van der Waals surface area contributed by atoms with Crippen LogP contribution in [0.25, 0.3) is 0 Å². The molecule has 180 valence electrons. The van der Waals surface area contributed by atoms with Gasteiger partial charge in [-0.15, -0.1) is 0 Å². The van der Waals surface area contributed by atoms with Crippen molar-refractivity contribution in [2.24, 2.45) is 0 Å². The van der Waals surface area contributed by atoms with E-state index in [4.69, 9.17) is 0 Å². The molecule has 0 spiro atoms. The van der Waals surface area contributed by atoms with Crippen molar-refractivity contribution in [3.05, 3.63) is 59.2 Å². The second kappa shape index (κ2) is 9.39. The van der Waals surface area contributed by atoms with Crippen LogP contribution in [-0.4, -0.2) is 78.6 Å². The smallest absolute Gasteiger partial charge is 0.256 e. The van der Waals surface area contributed by atoms with Gasteiger partial charge < -0.3 is 19.8 Å². The topological polar surface area (TPSA) is 67.3 Å². The molecule has 1 N–H and O–H groups in total. The molecule has 0 radical (unpaired) electrons. The van der Waals surface area contributed by atoms with Gasteiger partial charge in [-0.3, -0.25) is 14.5 Å². The van der Waals surface area contributed by atoms with Gasteiger partial charge in [-0.05, 0) is 49.1 Å². The molecule has 1 unspecified atom stereocenters. The fraction of sp³-hybridized carbons (Fsp3) is 0.481. The molecule has 7 nitrogen and oxygen atoms in total. The normalized spacial score (nSPS) is 22.0. The van der Waals surface area contributed by atoms with Crippen LogP contribution in [0.2, 0.25) is 0 Å². The average Bonchev–Trinajstić information content (AvgIpc) is 3.12. The maximum Gasteiger partial charge on any atom is 0.256 e. The number of nitrogens with zero attached hydrogens (tertiary/aromatic N) is 4. The first kappa shape index (κ1) is 22.9. The fourth-order valence-corrected chi connectivity index (χ4v) is 5.55. The van der Waals surface area contributed by atoms with Crippen LogP contribution in [0.15, 0.2) is 42.5 Å². The molecular formula is C27H34N4O3. The molecule has 3 heterocycles. The van der Waals surface area contributed by atoms with Gasteiger partial charge in [-0.2, -0.15) is 0 Å². The highest BCUT2D eigenvalue weighted by Crippen LogP contribution is 2.33. The van der Waals surface area contributed by atoms with Gasteiger partial charge in [-0.1, -0.05) is 24.3 Å². The third kappa shape index (κ3) is 4.42. The number of likely N-dealkylation sites (N-methyl/N-ethyl adjacent to an activating group) is 1. The lowest BCUT2D eigenvalue weighted by molar-refractivity contribution is -0.117. The van der Waals surface area contributed by atoms with E-state index in [9.17, 15) is 14.7 Å². The number of amides is 2. The lowest BCUT2D eigenvalue weighted by Gasteiger charge is -2.32. The Bertz CT molecular complexity index is 1090. The van der Waals surface area contributed by atoms with E-state index in [1.165, 1.54) is 11.1 Å². The molecule has 0 aliphatic carbocycles. The van der Waals surface area contributed by atoms with E-state index < -0.39 is 6.10 Å². The number of carbonyl (C=O) groups is 2. The van der Waals surface area contributed by atoms with Gasteiger partial charge in [0.25, 0.3) is 5.91 Å². The first-order chi connectivity index (χ1) is 16.4. The van der Waals surface area contributed by atoms with Gasteiger partial charge in [-0.25, -0.2) is 0 Å². The Hall–Kier alpha value is -2.90. The zero-order valence-electron chi connectivity index (χ0n) is 20.1. The number of benzene rings is 2. The predicted molar refractivity (Wildman–Crippen MR) is 133 cm³/mol. The standard InChI is InChI=1S/C27H34N4O3/c1-19-7-10-26(33)31(19)22-8-9-24-25(15-22)28(2)13-14-30(27(24)34)18-23(32)17-29-12-11-20-5-3-4-6-21(20)16-29/h3-6,8-9,15,19,23,32H,7,10-14,16-18H2,1-2H3/t19?,23-/m1/s1. The van der Waals surface area contributed by atoms with Crippen molar-refractivity contribution < 1.29 is 14.7 Å². The third-order valence-electron chi connectivity index (χ3n) is 7.49.